The predicted octanol–water partition coefficient (Wildman–Crippen LogP) is 1.38. The summed E-state index contributed by atoms with van der Waals surface area (Å²) in [5.41, 5.74) is 7.39. The number of nitrogens with two attached hydrogens (primary N) is 1. The van der Waals surface area contributed by atoms with E-state index in [4.69, 9.17) is 10.5 Å². The lowest BCUT2D eigenvalue weighted by Crippen LogP contribution is -2.33. The molecule has 0 spiro atoms. The maximum atomic E-state index is 12.4. The van der Waals surface area contributed by atoms with Gasteiger partial charge >= 0.3 is 0 Å². The van der Waals surface area contributed by atoms with Crippen LogP contribution >= 0.6 is 0 Å². The van der Waals surface area contributed by atoms with E-state index in [0.717, 1.165) is 17.5 Å². The van der Waals surface area contributed by atoms with E-state index in [1.165, 1.54) is 0 Å². The Labute approximate surface area is 126 Å². The molecule has 1 amide bonds. The van der Waals surface area contributed by atoms with Crippen LogP contribution < -0.4 is 5.73 Å². The molecule has 2 unspecified atom stereocenters. The zero-order valence-corrected chi connectivity index (χ0v) is 12.6. The molecule has 2 N–H and O–H groups in total. The summed E-state index contributed by atoms with van der Waals surface area (Å²) in [5, 5.41) is 0. The van der Waals surface area contributed by atoms with Gasteiger partial charge in [0.1, 0.15) is 0 Å². The molecule has 4 heteroatoms. The van der Waals surface area contributed by atoms with Gasteiger partial charge < -0.3 is 15.4 Å². The van der Waals surface area contributed by atoms with Crippen molar-refractivity contribution in [1.29, 1.82) is 0 Å². The van der Waals surface area contributed by atoms with Crippen LogP contribution in [0.25, 0.3) is 0 Å². The smallest absolute Gasteiger partial charge is 0.228 e. The van der Waals surface area contributed by atoms with Gasteiger partial charge in [-0.2, -0.15) is 0 Å². The summed E-state index contributed by atoms with van der Waals surface area (Å²) in [6, 6.07) is 7.86. The van der Waals surface area contributed by atoms with Crippen LogP contribution in [0.4, 0.5) is 0 Å². The number of rotatable bonds is 3. The number of nitrogens with zero attached hydrogens (tertiary/aromatic N) is 1. The normalized spacial score (nSPS) is 20.7. The summed E-state index contributed by atoms with van der Waals surface area (Å²) < 4.78 is 5.48. The van der Waals surface area contributed by atoms with Crippen LogP contribution in [0, 0.1) is 17.8 Å². The van der Waals surface area contributed by atoms with E-state index in [0.29, 0.717) is 19.7 Å². The molecule has 0 aromatic heterocycles. The van der Waals surface area contributed by atoms with E-state index in [1.807, 2.05) is 38.2 Å². The van der Waals surface area contributed by atoms with Crippen LogP contribution in [0.3, 0.4) is 0 Å². The van der Waals surface area contributed by atoms with E-state index in [9.17, 15) is 4.79 Å². The third-order valence-corrected chi connectivity index (χ3v) is 3.67. The molecule has 0 saturated carbocycles. The molecular formula is C17H22N2O2. The fourth-order valence-corrected chi connectivity index (χ4v) is 2.56. The Hall–Kier alpha value is -1.83. The second-order valence-electron chi connectivity index (χ2n) is 5.43. The highest BCUT2D eigenvalue weighted by Crippen LogP contribution is 2.22. The van der Waals surface area contributed by atoms with Gasteiger partial charge in [-0.05, 0) is 25.0 Å². The van der Waals surface area contributed by atoms with Crippen molar-refractivity contribution in [3.05, 3.63) is 35.4 Å². The number of carbonyl (C=O) groups excluding carboxylic acids is 1. The number of amides is 1. The summed E-state index contributed by atoms with van der Waals surface area (Å²) in [7, 11) is 1.83. The SMILES string of the molecule is CC1CC(C(=O)N(C)Cc2ccccc2C#CCN)CO1. The van der Waals surface area contributed by atoms with Gasteiger partial charge in [-0.15, -0.1) is 0 Å². The lowest BCUT2D eigenvalue weighted by molar-refractivity contribution is -0.134. The summed E-state index contributed by atoms with van der Waals surface area (Å²) in [4.78, 5) is 14.2. The van der Waals surface area contributed by atoms with E-state index in [2.05, 4.69) is 11.8 Å². The van der Waals surface area contributed by atoms with Gasteiger partial charge in [-0.1, -0.05) is 30.0 Å². The molecule has 21 heavy (non-hydrogen) atoms. The minimum atomic E-state index is -0.0210. The highest BCUT2D eigenvalue weighted by molar-refractivity contribution is 5.79. The molecule has 0 aliphatic carbocycles. The Morgan fingerprint density at radius 1 is 1.48 bits per heavy atom. The molecule has 1 aliphatic rings. The number of hydrogen-bond donors (Lipinski definition) is 1. The van der Waals surface area contributed by atoms with E-state index in [-0.39, 0.29) is 17.9 Å². The van der Waals surface area contributed by atoms with Crippen LogP contribution in [0.15, 0.2) is 24.3 Å². The lowest BCUT2D eigenvalue weighted by Gasteiger charge is -2.21. The van der Waals surface area contributed by atoms with E-state index >= 15 is 0 Å². The quantitative estimate of drug-likeness (QED) is 0.854. The summed E-state index contributed by atoms with van der Waals surface area (Å²) in [5.74, 6) is 6.04. The standard InChI is InChI=1S/C17H22N2O2/c1-13-10-16(12-21-13)17(20)19(2)11-15-7-4-3-6-14(15)8-5-9-18/h3-4,6-7,13,16H,9-12,18H2,1-2H3. The van der Waals surface area contributed by atoms with E-state index < -0.39 is 0 Å². The van der Waals surface area contributed by atoms with Gasteiger partial charge in [0.15, 0.2) is 0 Å². The molecule has 2 rings (SSSR count). The van der Waals surface area contributed by atoms with Gasteiger partial charge in [0.05, 0.1) is 25.2 Å². The van der Waals surface area contributed by atoms with Crippen molar-refractivity contribution in [2.24, 2.45) is 11.7 Å². The zero-order valence-electron chi connectivity index (χ0n) is 12.6. The molecule has 0 bridgehead atoms. The Bertz CT molecular complexity index is 559. The molecule has 1 heterocycles. The lowest BCUT2D eigenvalue weighted by atomic mass is 10.0. The van der Waals surface area contributed by atoms with Gasteiger partial charge in [0.25, 0.3) is 0 Å². The highest BCUT2D eigenvalue weighted by atomic mass is 16.5. The second-order valence-corrected chi connectivity index (χ2v) is 5.43. The number of carbonyl (C=O) groups is 1. The first-order valence-electron chi connectivity index (χ1n) is 7.25. The van der Waals surface area contributed by atoms with Crippen molar-refractivity contribution >= 4 is 5.91 Å². The topological polar surface area (TPSA) is 55.6 Å². The van der Waals surface area contributed by atoms with Crippen molar-refractivity contribution in [3.8, 4) is 11.8 Å². The summed E-state index contributed by atoms with van der Waals surface area (Å²) in [6.07, 6.45) is 0.979. The van der Waals surface area contributed by atoms with Crippen molar-refractivity contribution in [2.45, 2.75) is 26.0 Å². The average molecular weight is 286 g/mol. The maximum Gasteiger partial charge on any atom is 0.228 e. The third kappa shape index (κ3) is 4.07. The monoisotopic (exact) mass is 286 g/mol. The van der Waals surface area contributed by atoms with Crippen molar-refractivity contribution in [3.63, 3.8) is 0 Å². The largest absolute Gasteiger partial charge is 0.378 e. The minimum absolute atomic E-state index is 0.0210. The first-order valence-corrected chi connectivity index (χ1v) is 7.25. The van der Waals surface area contributed by atoms with Gasteiger partial charge in [-0.3, -0.25) is 4.79 Å². The van der Waals surface area contributed by atoms with Gasteiger partial charge in [0, 0.05) is 19.2 Å². The number of benzene rings is 1. The molecule has 1 aromatic carbocycles. The fourth-order valence-electron chi connectivity index (χ4n) is 2.56. The van der Waals surface area contributed by atoms with Crippen LogP contribution in [0.5, 0.6) is 0 Å². The Kier molecular flexibility index (Phi) is 5.38. The molecule has 1 aliphatic heterocycles. The molecule has 1 saturated heterocycles. The van der Waals surface area contributed by atoms with Crippen LogP contribution in [0.1, 0.15) is 24.5 Å². The first kappa shape index (κ1) is 15.6. The Morgan fingerprint density at radius 3 is 2.90 bits per heavy atom. The second kappa shape index (κ2) is 7.26. The number of hydrogen-bond acceptors (Lipinski definition) is 3. The maximum absolute atomic E-state index is 12.4. The third-order valence-electron chi connectivity index (χ3n) is 3.67. The summed E-state index contributed by atoms with van der Waals surface area (Å²) in [6.45, 7) is 3.42. The van der Waals surface area contributed by atoms with Crippen LogP contribution in [0.2, 0.25) is 0 Å². The predicted molar refractivity (Wildman–Crippen MR) is 82.4 cm³/mol. The van der Waals surface area contributed by atoms with Crippen molar-refractivity contribution < 1.29 is 9.53 Å². The van der Waals surface area contributed by atoms with Gasteiger partial charge in [-0.25, -0.2) is 0 Å². The molecule has 1 fully saturated rings. The first-order chi connectivity index (χ1) is 10.1. The van der Waals surface area contributed by atoms with Gasteiger partial charge in [0.2, 0.25) is 5.91 Å². The van der Waals surface area contributed by atoms with Crippen LogP contribution in [-0.4, -0.2) is 37.1 Å². The van der Waals surface area contributed by atoms with E-state index in [1.54, 1.807) is 4.90 Å². The Balaban J connectivity index is 2.05. The highest BCUT2D eigenvalue weighted by Gasteiger charge is 2.30. The molecule has 1 aromatic rings. The fraction of sp³-hybridized carbons (Fsp3) is 0.471. The zero-order chi connectivity index (χ0) is 15.2. The molecular weight excluding hydrogens is 264 g/mol. The summed E-state index contributed by atoms with van der Waals surface area (Å²) >= 11 is 0. The minimum Gasteiger partial charge on any atom is -0.378 e. The molecule has 112 valence electrons. The molecule has 2 atom stereocenters. The van der Waals surface area contributed by atoms with Crippen molar-refractivity contribution in [2.75, 3.05) is 20.2 Å². The Morgan fingerprint density at radius 2 is 2.24 bits per heavy atom. The average Bonchev–Trinajstić information content (AvgIpc) is 2.92. The number of ether oxygens (including phenoxy) is 1. The van der Waals surface area contributed by atoms with Crippen LogP contribution in [-0.2, 0) is 16.1 Å². The molecule has 4 nitrogen and oxygen atoms in total. The molecule has 0 radical (unpaired) electrons. The van der Waals surface area contributed by atoms with Crippen molar-refractivity contribution in [1.82, 2.24) is 4.90 Å².